The van der Waals surface area contributed by atoms with Crippen molar-refractivity contribution in [3.63, 3.8) is 0 Å². The van der Waals surface area contributed by atoms with Crippen LogP contribution >= 0.6 is 0 Å². The molecule has 1 aromatic rings. The Morgan fingerprint density at radius 2 is 2.10 bits per heavy atom. The second kappa shape index (κ2) is 7.87. The van der Waals surface area contributed by atoms with Crippen LogP contribution in [0, 0.1) is 5.82 Å². The summed E-state index contributed by atoms with van der Waals surface area (Å²) in [5, 5.41) is 3.43. The van der Waals surface area contributed by atoms with E-state index in [-0.39, 0.29) is 11.9 Å². The number of benzene rings is 1. The van der Waals surface area contributed by atoms with Gasteiger partial charge >= 0.3 is 0 Å². The Bertz CT molecular complexity index is 438. The van der Waals surface area contributed by atoms with Gasteiger partial charge in [-0.05, 0) is 33.0 Å². The molecule has 0 aromatic heterocycles. The molecular formula is C17H28FN3. The fourth-order valence-corrected chi connectivity index (χ4v) is 3.18. The molecule has 3 nitrogen and oxygen atoms in total. The lowest BCUT2D eigenvalue weighted by Gasteiger charge is -2.38. The van der Waals surface area contributed by atoms with Crippen LogP contribution in [0.5, 0.6) is 0 Å². The van der Waals surface area contributed by atoms with Gasteiger partial charge in [0.25, 0.3) is 0 Å². The molecular weight excluding hydrogens is 265 g/mol. The molecule has 0 radical (unpaired) electrons. The van der Waals surface area contributed by atoms with E-state index in [9.17, 15) is 4.39 Å². The van der Waals surface area contributed by atoms with Gasteiger partial charge in [0.15, 0.2) is 0 Å². The summed E-state index contributed by atoms with van der Waals surface area (Å²) < 4.78 is 14.0. The molecule has 1 aromatic carbocycles. The molecule has 118 valence electrons. The minimum Gasteiger partial charge on any atom is -0.310 e. The quantitative estimate of drug-likeness (QED) is 0.869. The van der Waals surface area contributed by atoms with Crippen LogP contribution in [0.25, 0.3) is 0 Å². The van der Waals surface area contributed by atoms with Crippen molar-refractivity contribution in [1.29, 1.82) is 0 Å². The lowest BCUT2D eigenvalue weighted by atomic mass is 10.0. The number of halogens is 1. The first-order valence-electron chi connectivity index (χ1n) is 8.02. The van der Waals surface area contributed by atoms with Crippen molar-refractivity contribution in [2.45, 2.75) is 32.4 Å². The predicted molar refractivity (Wildman–Crippen MR) is 86.0 cm³/mol. The molecule has 1 fully saturated rings. The van der Waals surface area contributed by atoms with Gasteiger partial charge in [-0.3, -0.25) is 4.90 Å². The van der Waals surface area contributed by atoms with E-state index in [1.165, 1.54) is 0 Å². The van der Waals surface area contributed by atoms with Gasteiger partial charge in [-0.25, -0.2) is 4.39 Å². The molecule has 2 rings (SSSR count). The molecule has 4 heteroatoms. The molecule has 1 N–H and O–H groups in total. The Labute approximate surface area is 128 Å². The summed E-state index contributed by atoms with van der Waals surface area (Å²) in [5.74, 6) is -0.102. The number of nitrogens with zero attached hydrogens (tertiary/aromatic N) is 2. The van der Waals surface area contributed by atoms with E-state index >= 15 is 0 Å². The second-order valence-corrected chi connectivity index (χ2v) is 6.07. The van der Waals surface area contributed by atoms with E-state index in [1.54, 1.807) is 12.1 Å². The van der Waals surface area contributed by atoms with Crippen molar-refractivity contribution in [2.24, 2.45) is 0 Å². The smallest absolute Gasteiger partial charge is 0.127 e. The van der Waals surface area contributed by atoms with Gasteiger partial charge in [0, 0.05) is 43.8 Å². The standard InChI is InChI=1S/C17H28FN3/c1-4-19-17(15-7-5-6-8-16(15)18)9-10-21-12-11-20(3)13-14(21)2/h5-8,14,17,19H,4,9-13H2,1-3H3. The van der Waals surface area contributed by atoms with Crippen molar-refractivity contribution >= 4 is 0 Å². The monoisotopic (exact) mass is 293 g/mol. The van der Waals surface area contributed by atoms with Crippen LogP contribution in [0.4, 0.5) is 4.39 Å². The zero-order valence-electron chi connectivity index (χ0n) is 13.5. The van der Waals surface area contributed by atoms with Crippen molar-refractivity contribution < 1.29 is 4.39 Å². The third-order valence-corrected chi connectivity index (χ3v) is 4.40. The van der Waals surface area contributed by atoms with Crippen molar-refractivity contribution in [2.75, 3.05) is 39.8 Å². The SMILES string of the molecule is CCNC(CCN1CCN(C)CC1C)c1ccccc1F. The van der Waals surface area contributed by atoms with Crippen molar-refractivity contribution in [1.82, 2.24) is 15.1 Å². The van der Waals surface area contributed by atoms with Crippen LogP contribution in [-0.4, -0.2) is 55.6 Å². The molecule has 0 saturated carbocycles. The zero-order valence-corrected chi connectivity index (χ0v) is 13.5. The molecule has 2 atom stereocenters. The van der Waals surface area contributed by atoms with E-state index in [0.29, 0.717) is 6.04 Å². The van der Waals surface area contributed by atoms with Gasteiger partial charge in [-0.15, -0.1) is 0 Å². The second-order valence-electron chi connectivity index (χ2n) is 6.07. The number of nitrogens with one attached hydrogen (secondary N) is 1. The number of rotatable bonds is 6. The van der Waals surface area contributed by atoms with Crippen LogP contribution in [0.15, 0.2) is 24.3 Å². The summed E-state index contributed by atoms with van der Waals surface area (Å²) in [4.78, 5) is 4.89. The van der Waals surface area contributed by atoms with Crippen LogP contribution in [0.1, 0.15) is 31.9 Å². The highest BCUT2D eigenvalue weighted by atomic mass is 19.1. The average Bonchev–Trinajstić information content (AvgIpc) is 2.46. The molecule has 21 heavy (non-hydrogen) atoms. The van der Waals surface area contributed by atoms with E-state index in [4.69, 9.17) is 0 Å². The van der Waals surface area contributed by atoms with Gasteiger partial charge in [0.2, 0.25) is 0 Å². The Hall–Kier alpha value is -0.970. The van der Waals surface area contributed by atoms with E-state index < -0.39 is 0 Å². The number of hydrogen-bond acceptors (Lipinski definition) is 3. The normalized spacial score (nSPS) is 22.4. The highest BCUT2D eigenvalue weighted by molar-refractivity contribution is 5.21. The summed E-state index contributed by atoms with van der Waals surface area (Å²) in [7, 11) is 2.18. The lowest BCUT2D eigenvalue weighted by Crippen LogP contribution is -2.50. The Kier molecular flexibility index (Phi) is 6.15. The first-order chi connectivity index (χ1) is 10.1. The fraction of sp³-hybridized carbons (Fsp3) is 0.647. The third kappa shape index (κ3) is 4.50. The van der Waals surface area contributed by atoms with E-state index in [0.717, 1.165) is 44.7 Å². The van der Waals surface area contributed by atoms with Crippen LogP contribution in [0.2, 0.25) is 0 Å². The Balaban J connectivity index is 1.96. The molecule has 0 amide bonds. The first kappa shape index (κ1) is 16.4. The number of hydrogen-bond donors (Lipinski definition) is 1. The highest BCUT2D eigenvalue weighted by Crippen LogP contribution is 2.21. The third-order valence-electron chi connectivity index (χ3n) is 4.40. The summed E-state index contributed by atoms with van der Waals surface area (Å²) >= 11 is 0. The number of likely N-dealkylation sites (N-methyl/N-ethyl adjacent to an activating group) is 1. The highest BCUT2D eigenvalue weighted by Gasteiger charge is 2.23. The molecule has 0 aliphatic carbocycles. The molecule has 1 aliphatic rings. The maximum absolute atomic E-state index is 14.0. The van der Waals surface area contributed by atoms with Crippen molar-refractivity contribution in [3.05, 3.63) is 35.6 Å². The maximum atomic E-state index is 14.0. The van der Waals surface area contributed by atoms with Gasteiger partial charge in [0.05, 0.1) is 0 Å². The average molecular weight is 293 g/mol. The minimum atomic E-state index is -0.102. The largest absolute Gasteiger partial charge is 0.310 e. The molecule has 0 bridgehead atoms. The topological polar surface area (TPSA) is 18.5 Å². The minimum absolute atomic E-state index is 0.100. The molecule has 1 heterocycles. The Morgan fingerprint density at radius 1 is 1.33 bits per heavy atom. The molecule has 1 aliphatic heterocycles. The maximum Gasteiger partial charge on any atom is 0.127 e. The molecule has 0 spiro atoms. The van der Waals surface area contributed by atoms with Gasteiger partial charge in [-0.1, -0.05) is 25.1 Å². The van der Waals surface area contributed by atoms with E-state index in [2.05, 4.69) is 36.0 Å². The fourth-order valence-electron chi connectivity index (χ4n) is 3.18. The van der Waals surface area contributed by atoms with Gasteiger partial charge < -0.3 is 10.2 Å². The zero-order chi connectivity index (χ0) is 15.2. The molecule has 2 unspecified atom stereocenters. The predicted octanol–water partition coefficient (Wildman–Crippen LogP) is 2.50. The van der Waals surface area contributed by atoms with Crippen LogP contribution < -0.4 is 5.32 Å². The van der Waals surface area contributed by atoms with Gasteiger partial charge in [-0.2, -0.15) is 0 Å². The lowest BCUT2D eigenvalue weighted by molar-refractivity contribution is 0.0960. The van der Waals surface area contributed by atoms with Crippen LogP contribution in [-0.2, 0) is 0 Å². The van der Waals surface area contributed by atoms with Crippen LogP contribution in [0.3, 0.4) is 0 Å². The summed E-state index contributed by atoms with van der Waals surface area (Å²) in [6.07, 6.45) is 0.947. The summed E-state index contributed by atoms with van der Waals surface area (Å²) in [6.45, 7) is 9.57. The van der Waals surface area contributed by atoms with Crippen molar-refractivity contribution in [3.8, 4) is 0 Å². The first-order valence-corrected chi connectivity index (χ1v) is 8.02. The number of piperazine rings is 1. The summed E-state index contributed by atoms with van der Waals surface area (Å²) in [5.41, 5.74) is 0.793. The molecule has 1 saturated heterocycles. The summed E-state index contributed by atoms with van der Waals surface area (Å²) in [6, 6.07) is 7.80. The Morgan fingerprint density at radius 3 is 2.76 bits per heavy atom. The van der Waals surface area contributed by atoms with Gasteiger partial charge in [0.1, 0.15) is 5.82 Å². The van der Waals surface area contributed by atoms with E-state index in [1.807, 2.05) is 12.1 Å².